The lowest BCUT2D eigenvalue weighted by Crippen LogP contribution is -2.65. The van der Waals surface area contributed by atoms with E-state index in [-0.39, 0.29) is 16.6 Å². The largest absolute Gasteiger partial charge is 0.379 e. The highest BCUT2D eigenvalue weighted by Gasteiger charge is 2.51. The smallest absolute Gasteiger partial charge is 0.323 e. The molecule has 5 nitrogen and oxygen atoms in total. The Hall–Kier alpha value is -1.59. The number of aromatic amines is 2. The van der Waals surface area contributed by atoms with Crippen molar-refractivity contribution in [1.82, 2.24) is 15.3 Å². The summed E-state index contributed by atoms with van der Waals surface area (Å²) < 4.78 is 5.48. The van der Waals surface area contributed by atoms with Crippen LogP contribution < -0.4 is 11.0 Å². The van der Waals surface area contributed by atoms with Crippen LogP contribution in [-0.4, -0.2) is 35.8 Å². The van der Waals surface area contributed by atoms with Crippen molar-refractivity contribution in [3.05, 3.63) is 34.2 Å². The second-order valence-electron chi connectivity index (χ2n) is 5.79. The van der Waals surface area contributed by atoms with Crippen LogP contribution in [0.15, 0.2) is 23.0 Å². The topological polar surface area (TPSA) is 69.9 Å². The number of benzene rings is 1. The lowest BCUT2D eigenvalue weighted by Gasteiger charge is -2.52. The highest BCUT2D eigenvalue weighted by atomic mass is 16.5. The van der Waals surface area contributed by atoms with Crippen molar-refractivity contribution in [3.63, 3.8) is 0 Å². The van der Waals surface area contributed by atoms with E-state index in [4.69, 9.17) is 4.74 Å². The van der Waals surface area contributed by atoms with Crippen LogP contribution in [0.2, 0.25) is 0 Å². The standard InChI is InChI=1S/C14H19N3O2/c1-13(2,15-3)14(7-19-8-14)9-4-5-10-11(6-9)17-12(18)16-10/h4-6,15H,7-8H2,1-3H3,(H2,16,17,18). The molecule has 0 atom stereocenters. The van der Waals surface area contributed by atoms with Gasteiger partial charge in [0.2, 0.25) is 0 Å². The van der Waals surface area contributed by atoms with Gasteiger partial charge in [0.1, 0.15) is 0 Å². The number of H-pyrrole nitrogens is 2. The number of hydrogen-bond acceptors (Lipinski definition) is 3. The predicted octanol–water partition coefficient (Wildman–Crippen LogP) is 1.12. The molecule has 3 N–H and O–H groups in total. The molecule has 1 aromatic carbocycles. The highest BCUT2D eigenvalue weighted by molar-refractivity contribution is 5.75. The van der Waals surface area contributed by atoms with Gasteiger partial charge in [-0.3, -0.25) is 0 Å². The van der Waals surface area contributed by atoms with Gasteiger partial charge in [0, 0.05) is 5.54 Å². The minimum atomic E-state index is -0.168. The molecule has 1 aromatic heterocycles. The number of hydrogen-bond donors (Lipinski definition) is 3. The molecular formula is C14H19N3O2. The van der Waals surface area contributed by atoms with E-state index in [1.807, 2.05) is 13.1 Å². The van der Waals surface area contributed by atoms with Gasteiger partial charge in [-0.05, 0) is 38.6 Å². The number of nitrogens with one attached hydrogen (secondary N) is 3. The molecule has 5 heteroatoms. The van der Waals surface area contributed by atoms with Crippen LogP contribution in [0.4, 0.5) is 0 Å². The molecule has 0 bridgehead atoms. The van der Waals surface area contributed by atoms with Gasteiger partial charge in [0.05, 0.1) is 29.7 Å². The molecule has 1 aliphatic heterocycles. The molecule has 2 heterocycles. The van der Waals surface area contributed by atoms with Gasteiger partial charge < -0.3 is 20.0 Å². The summed E-state index contributed by atoms with van der Waals surface area (Å²) in [6.07, 6.45) is 0. The average Bonchev–Trinajstić information content (AvgIpc) is 2.66. The number of likely N-dealkylation sites (N-methyl/N-ethyl adjacent to an activating group) is 1. The molecule has 0 aliphatic carbocycles. The maximum atomic E-state index is 11.3. The van der Waals surface area contributed by atoms with Gasteiger partial charge in [-0.2, -0.15) is 0 Å². The molecule has 2 aromatic rings. The van der Waals surface area contributed by atoms with Gasteiger partial charge in [-0.25, -0.2) is 4.79 Å². The number of ether oxygens (including phenoxy) is 1. The van der Waals surface area contributed by atoms with Crippen LogP contribution in [0, 0.1) is 0 Å². The minimum Gasteiger partial charge on any atom is -0.379 e. The second kappa shape index (κ2) is 3.95. The Morgan fingerprint density at radius 2 is 1.95 bits per heavy atom. The zero-order valence-corrected chi connectivity index (χ0v) is 11.5. The van der Waals surface area contributed by atoms with Gasteiger partial charge in [-0.1, -0.05) is 6.07 Å². The van der Waals surface area contributed by atoms with Crippen molar-refractivity contribution in [2.75, 3.05) is 20.3 Å². The average molecular weight is 261 g/mol. The fourth-order valence-electron chi connectivity index (χ4n) is 2.76. The summed E-state index contributed by atoms with van der Waals surface area (Å²) in [5, 5.41) is 3.38. The number of rotatable bonds is 3. The van der Waals surface area contributed by atoms with E-state index >= 15 is 0 Å². The fraction of sp³-hybridized carbons (Fsp3) is 0.500. The SMILES string of the molecule is CNC(C)(C)C1(c2ccc3[nH]c(=O)[nH]c3c2)COC1. The van der Waals surface area contributed by atoms with Gasteiger partial charge in [0.15, 0.2) is 0 Å². The Balaban J connectivity index is 2.14. The lowest BCUT2D eigenvalue weighted by molar-refractivity contribution is -0.0990. The number of aromatic nitrogens is 2. The van der Waals surface area contributed by atoms with Crippen LogP contribution >= 0.6 is 0 Å². The van der Waals surface area contributed by atoms with Crippen LogP contribution in [-0.2, 0) is 10.2 Å². The predicted molar refractivity (Wildman–Crippen MR) is 74.6 cm³/mol. The van der Waals surface area contributed by atoms with Crippen molar-refractivity contribution < 1.29 is 4.74 Å². The Bertz CT molecular complexity index is 665. The van der Waals surface area contributed by atoms with Crippen LogP contribution in [0.5, 0.6) is 0 Å². The molecular weight excluding hydrogens is 242 g/mol. The molecule has 102 valence electrons. The molecule has 1 fully saturated rings. The monoisotopic (exact) mass is 261 g/mol. The molecule has 1 aliphatic rings. The van der Waals surface area contributed by atoms with Crippen molar-refractivity contribution in [1.29, 1.82) is 0 Å². The number of fused-ring (bicyclic) bond motifs is 1. The quantitative estimate of drug-likeness (QED) is 0.775. The molecule has 0 unspecified atom stereocenters. The van der Waals surface area contributed by atoms with Gasteiger partial charge >= 0.3 is 5.69 Å². The zero-order chi connectivity index (χ0) is 13.7. The van der Waals surface area contributed by atoms with Crippen molar-refractivity contribution >= 4 is 11.0 Å². The first-order valence-corrected chi connectivity index (χ1v) is 6.48. The van der Waals surface area contributed by atoms with E-state index in [1.165, 1.54) is 5.56 Å². The molecule has 0 amide bonds. The van der Waals surface area contributed by atoms with E-state index in [1.54, 1.807) is 0 Å². The summed E-state index contributed by atoms with van der Waals surface area (Å²) in [4.78, 5) is 16.9. The normalized spacial score (nSPS) is 18.5. The van der Waals surface area contributed by atoms with Crippen molar-refractivity contribution in [2.45, 2.75) is 24.8 Å². The van der Waals surface area contributed by atoms with Crippen LogP contribution in [0.3, 0.4) is 0 Å². The fourth-order valence-corrected chi connectivity index (χ4v) is 2.76. The second-order valence-corrected chi connectivity index (χ2v) is 5.79. The third-order valence-electron chi connectivity index (χ3n) is 4.59. The van der Waals surface area contributed by atoms with Crippen molar-refractivity contribution in [3.8, 4) is 0 Å². The maximum absolute atomic E-state index is 11.3. The van der Waals surface area contributed by atoms with E-state index < -0.39 is 0 Å². The zero-order valence-electron chi connectivity index (χ0n) is 11.5. The summed E-state index contributed by atoms with van der Waals surface area (Å²) in [5.41, 5.74) is 2.59. The summed E-state index contributed by atoms with van der Waals surface area (Å²) >= 11 is 0. The molecule has 0 radical (unpaired) electrons. The molecule has 0 saturated carbocycles. The molecule has 19 heavy (non-hydrogen) atoms. The van der Waals surface area contributed by atoms with E-state index in [0.717, 1.165) is 11.0 Å². The molecule has 1 saturated heterocycles. The van der Waals surface area contributed by atoms with E-state index in [9.17, 15) is 4.79 Å². The summed E-state index contributed by atoms with van der Waals surface area (Å²) in [7, 11) is 1.97. The third kappa shape index (κ3) is 1.65. The maximum Gasteiger partial charge on any atom is 0.323 e. The van der Waals surface area contributed by atoms with Crippen LogP contribution in [0.25, 0.3) is 11.0 Å². The minimum absolute atomic E-state index is 0.0515. The van der Waals surface area contributed by atoms with Crippen molar-refractivity contribution in [2.24, 2.45) is 0 Å². The first-order chi connectivity index (χ1) is 8.98. The Kier molecular flexibility index (Phi) is 2.59. The molecule has 3 rings (SSSR count). The van der Waals surface area contributed by atoms with Crippen LogP contribution in [0.1, 0.15) is 19.4 Å². The lowest BCUT2D eigenvalue weighted by atomic mass is 9.65. The first-order valence-electron chi connectivity index (χ1n) is 6.48. The first kappa shape index (κ1) is 12.4. The Morgan fingerprint density at radius 1 is 1.26 bits per heavy atom. The third-order valence-corrected chi connectivity index (χ3v) is 4.59. The summed E-state index contributed by atoms with van der Waals surface area (Å²) in [5.74, 6) is 0. The Labute approximate surface area is 111 Å². The molecule has 0 spiro atoms. The van der Waals surface area contributed by atoms with E-state index in [2.05, 4.69) is 41.3 Å². The summed E-state index contributed by atoms with van der Waals surface area (Å²) in [6, 6.07) is 6.08. The van der Waals surface area contributed by atoms with E-state index in [0.29, 0.717) is 13.2 Å². The van der Waals surface area contributed by atoms with Gasteiger partial charge in [0.25, 0.3) is 0 Å². The number of imidazole rings is 1. The highest BCUT2D eigenvalue weighted by Crippen LogP contribution is 2.42. The van der Waals surface area contributed by atoms with Gasteiger partial charge in [-0.15, -0.1) is 0 Å². The summed E-state index contributed by atoms with van der Waals surface area (Å²) in [6.45, 7) is 5.75. The Morgan fingerprint density at radius 3 is 2.53 bits per heavy atom.